The van der Waals surface area contributed by atoms with E-state index >= 15 is 0 Å². The van der Waals surface area contributed by atoms with Gasteiger partial charge in [0, 0.05) is 17.4 Å². The zero-order valence-electron chi connectivity index (χ0n) is 11.4. The monoisotopic (exact) mass is 254 g/mol. The number of nitrogens with zero attached hydrogens (tertiary/aromatic N) is 1. The second kappa shape index (κ2) is 4.26. The van der Waals surface area contributed by atoms with Crippen LogP contribution in [0.5, 0.6) is 0 Å². The van der Waals surface area contributed by atoms with Crippen LogP contribution in [-0.4, -0.2) is 4.57 Å². The molecule has 0 atom stereocenters. The summed E-state index contributed by atoms with van der Waals surface area (Å²) in [5.41, 5.74) is 12.2. The summed E-state index contributed by atoms with van der Waals surface area (Å²) in [6.45, 7) is 4.14. The lowest BCUT2D eigenvalue weighted by molar-refractivity contribution is 0.847. The van der Waals surface area contributed by atoms with E-state index in [0.717, 1.165) is 41.8 Å². The number of nitrogens with two attached hydrogens (primary N) is 1. The van der Waals surface area contributed by atoms with Crippen molar-refractivity contribution in [1.82, 2.24) is 4.57 Å². The maximum Gasteiger partial charge on any atom is 0.257 e. The molecule has 1 aliphatic rings. The van der Waals surface area contributed by atoms with E-state index in [-0.39, 0.29) is 5.56 Å². The molecule has 3 nitrogen and oxygen atoms in total. The van der Waals surface area contributed by atoms with E-state index in [1.54, 1.807) is 6.07 Å². The summed E-state index contributed by atoms with van der Waals surface area (Å²) in [5, 5.41) is 0. The highest BCUT2D eigenvalue weighted by atomic mass is 16.1. The molecule has 0 bridgehead atoms. The molecular weight excluding hydrogens is 236 g/mol. The molecule has 0 radical (unpaired) electrons. The average molecular weight is 254 g/mol. The number of anilines is 1. The van der Waals surface area contributed by atoms with Crippen molar-refractivity contribution in [2.24, 2.45) is 0 Å². The van der Waals surface area contributed by atoms with E-state index in [1.807, 2.05) is 16.7 Å². The third-order valence-electron chi connectivity index (χ3n) is 4.12. The molecule has 1 aromatic carbocycles. The van der Waals surface area contributed by atoms with Crippen LogP contribution in [0.15, 0.2) is 29.1 Å². The van der Waals surface area contributed by atoms with Crippen LogP contribution in [0.25, 0.3) is 5.69 Å². The molecule has 0 fully saturated rings. The second-order valence-electron chi connectivity index (χ2n) is 5.27. The van der Waals surface area contributed by atoms with Gasteiger partial charge in [-0.25, -0.2) is 0 Å². The van der Waals surface area contributed by atoms with E-state index in [2.05, 4.69) is 19.9 Å². The normalized spacial score (nSPS) is 13.6. The summed E-state index contributed by atoms with van der Waals surface area (Å²) in [4.78, 5) is 12.3. The molecule has 0 saturated heterocycles. The molecule has 98 valence electrons. The minimum Gasteiger partial charge on any atom is -0.398 e. The van der Waals surface area contributed by atoms with Gasteiger partial charge in [-0.05, 0) is 55.9 Å². The van der Waals surface area contributed by atoms with Crippen LogP contribution in [-0.2, 0) is 12.8 Å². The highest BCUT2D eigenvalue weighted by Crippen LogP contribution is 2.28. The van der Waals surface area contributed by atoms with Gasteiger partial charge in [0.2, 0.25) is 0 Å². The Hall–Kier alpha value is -2.03. The summed E-state index contributed by atoms with van der Waals surface area (Å²) in [7, 11) is 0. The smallest absolute Gasteiger partial charge is 0.257 e. The first kappa shape index (κ1) is 12.0. The van der Waals surface area contributed by atoms with Crippen molar-refractivity contribution in [1.29, 1.82) is 0 Å². The van der Waals surface area contributed by atoms with Gasteiger partial charge in [0.25, 0.3) is 5.56 Å². The van der Waals surface area contributed by atoms with E-state index in [0.29, 0.717) is 5.69 Å². The molecule has 0 aliphatic heterocycles. The molecule has 1 aromatic heterocycles. The van der Waals surface area contributed by atoms with Gasteiger partial charge in [-0.1, -0.05) is 12.1 Å². The lowest BCUT2D eigenvalue weighted by Crippen LogP contribution is -2.23. The van der Waals surface area contributed by atoms with E-state index < -0.39 is 0 Å². The number of fused-ring (bicyclic) bond motifs is 1. The van der Waals surface area contributed by atoms with E-state index in [1.165, 1.54) is 5.56 Å². The van der Waals surface area contributed by atoms with Crippen LogP contribution < -0.4 is 11.3 Å². The fourth-order valence-electron chi connectivity index (χ4n) is 2.95. The summed E-state index contributed by atoms with van der Waals surface area (Å²) in [6.07, 6.45) is 2.99. The fourth-order valence-corrected chi connectivity index (χ4v) is 2.95. The highest BCUT2D eigenvalue weighted by Gasteiger charge is 2.20. The molecule has 1 heterocycles. The summed E-state index contributed by atoms with van der Waals surface area (Å²) >= 11 is 0. The topological polar surface area (TPSA) is 48.0 Å². The van der Waals surface area contributed by atoms with Crippen molar-refractivity contribution in [2.75, 3.05) is 5.73 Å². The Balaban J connectivity index is 2.35. The third kappa shape index (κ3) is 1.77. The minimum absolute atomic E-state index is 0.0214. The Labute approximate surface area is 112 Å². The summed E-state index contributed by atoms with van der Waals surface area (Å²) in [6, 6.07) is 7.65. The first-order chi connectivity index (χ1) is 9.09. The van der Waals surface area contributed by atoms with Gasteiger partial charge < -0.3 is 5.73 Å². The second-order valence-corrected chi connectivity index (χ2v) is 5.27. The fraction of sp³-hybridized carbons (Fsp3) is 0.312. The van der Waals surface area contributed by atoms with Crippen molar-refractivity contribution in [3.63, 3.8) is 0 Å². The van der Waals surface area contributed by atoms with Gasteiger partial charge in [0.1, 0.15) is 0 Å². The summed E-state index contributed by atoms with van der Waals surface area (Å²) < 4.78 is 1.85. The largest absolute Gasteiger partial charge is 0.398 e. The first-order valence-electron chi connectivity index (χ1n) is 6.69. The number of hydrogen-bond donors (Lipinski definition) is 1. The maximum atomic E-state index is 12.3. The number of nitrogen functional groups attached to an aromatic ring is 1. The Kier molecular flexibility index (Phi) is 2.70. The van der Waals surface area contributed by atoms with Crippen LogP contribution in [0.4, 0.5) is 5.69 Å². The number of rotatable bonds is 1. The highest BCUT2D eigenvalue weighted by molar-refractivity contribution is 5.55. The molecule has 2 N–H and O–H groups in total. The predicted octanol–water partition coefficient (Wildman–Crippen LogP) is 2.53. The molecule has 19 heavy (non-hydrogen) atoms. The standard InChI is InChI=1S/C16H18N2O/c1-10-5-3-7-14(11(10)2)18-15-8-4-6-12(15)13(17)9-16(18)19/h3,5,7,9H,4,6,8,17H2,1-2H3. The Morgan fingerprint density at radius 2 is 2.00 bits per heavy atom. The molecule has 3 heteroatoms. The quantitative estimate of drug-likeness (QED) is 0.850. The van der Waals surface area contributed by atoms with Crippen molar-refractivity contribution < 1.29 is 0 Å². The first-order valence-corrected chi connectivity index (χ1v) is 6.69. The lowest BCUT2D eigenvalue weighted by Gasteiger charge is -2.16. The van der Waals surface area contributed by atoms with E-state index in [4.69, 9.17) is 5.73 Å². The van der Waals surface area contributed by atoms with Crippen molar-refractivity contribution in [3.05, 3.63) is 57.0 Å². The number of hydrogen-bond acceptors (Lipinski definition) is 2. The Morgan fingerprint density at radius 3 is 2.79 bits per heavy atom. The zero-order chi connectivity index (χ0) is 13.6. The molecular formula is C16H18N2O. The van der Waals surface area contributed by atoms with Crippen LogP contribution in [0, 0.1) is 13.8 Å². The summed E-state index contributed by atoms with van der Waals surface area (Å²) in [5.74, 6) is 0. The van der Waals surface area contributed by atoms with Crippen molar-refractivity contribution >= 4 is 5.69 Å². The molecule has 1 aliphatic carbocycles. The van der Waals surface area contributed by atoms with Gasteiger partial charge in [0.15, 0.2) is 0 Å². The van der Waals surface area contributed by atoms with Gasteiger partial charge >= 0.3 is 0 Å². The Bertz CT molecular complexity index is 713. The Morgan fingerprint density at radius 1 is 1.21 bits per heavy atom. The van der Waals surface area contributed by atoms with Crippen LogP contribution >= 0.6 is 0 Å². The number of aromatic nitrogens is 1. The van der Waals surface area contributed by atoms with Crippen molar-refractivity contribution in [2.45, 2.75) is 33.1 Å². The molecule has 0 saturated carbocycles. The van der Waals surface area contributed by atoms with Crippen LogP contribution in [0.2, 0.25) is 0 Å². The van der Waals surface area contributed by atoms with E-state index in [9.17, 15) is 4.79 Å². The van der Waals surface area contributed by atoms with Gasteiger partial charge in [-0.3, -0.25) is 9.36 Å². The molecule has 2 aromatic rings. The van der Waals surface area contributed by atoms with Crippen LogP contribution in [0.3, 0.4) is 0 Å². The van der Waals surface area contributed by atoms with Crippen molar-refractivity contribution in [3.8, 4) is 5.69 Å². The lowest BCUT2D eigenvalue weighted by atomic mass is 10.1. The number of benzene rings is 1. The zero-order valence-corrected chi connectivity index (χ0v) is 11.4. The minimum atomic E-state index is -0.0214. The molecule has 0 amide bonds. The van der Waals surface area contributed by atoms with Gasteiger partial charge in [0.05, 0.1) is 5.69 Å². The van der Waals surface area contributed by atoms with Gasteiger partial charge in [-0.15, -0.1) is 0 Å². The SMILES string of the molecule is Cc1cccc(-n2c3c(c(N)cc2=O)CCC3)c1C. The number of pyridine rings is 1. The average Bonchev–Trinajstić information content (AvgIpc) is 2.84. The molecule has 0 unspecified atom stereocenters. The predicted molar refractivity (Wildman–Crippen MR) is 78.0 cm³/mol. The maximum absolute atomic E-state index is 12.3. The number of aryl methyl sites for hydroxylation is 1. The molecule has 0 spiro atoms. The van der Waals surface area contributed by atoms with Crippen LogP contribution in [0.1, 0.15) is 28.8 Å². The van der Waals surface area contributed by atoms with Gasteiger partial charge in [-0.2, -0.15) is 0 Å². The molecule has 3 rings (SSSR count). The third-order valence-corrected chi connectivity index (χ3v) is 4.12.